The van der Waals surface area contributed by atoms with E-state index >= 15 is 0 Å². The van der Waals surface area contributed by atoms with Crippen molar-refractivity contribution >= 4 is 16.6 Å². The monoisotopic (exact) mass is 286 g/mol. The minimum Gasteiger partial charge on any atom is -0.384 e. The number of rotatable bonds is 3. The highest BCUT2D eigenvalue weighted by Crippen LogP contribution is 2.34. The fraction of sp³-hybridized carbons (Fsp3) is 0.357. The number of nitrogens with one attached hydrogen (secondary N) is 1. The first kappa shape index (κ1) is 14.6. The van der Waals surface area contributed by atoms with Crippen molar-refractivity contribution in [1.29, 1.82) is 0 Å². The SMILES string of the molecule is CCCNc1cc(C(F)(F)F)nc2cc(F)cc(C)c12. The number of benzene rings is 1. The number of pyridine rings is 1. The second-order valence-electron chi connectivity index (χ2n) is 4.60. The lowest BCUT2D eigenvalue weighted by Crippen LogP contribution is -2.11. The van der Waals surface area contributed by atoms with E-state index in [1.807, 2.05) is 6.92 Å². The maximum absolute atomic E-state index is 13.4. The van der Waals surface area contributed by atoms with Crippen LogP contribution >= 0.6 is 0 Å². The molecule has 2 nitrogen and oxygen atoms in total. The molecule has 2 rings (SSSR count). The van der Waals surface area contributed by atoms with E-state index in [2.05, 4.69) is 10.3 Å². The summed E-state index contributed by atoms with van der Waals surface area (Å²) < 4.78 is 51.9. The molecule has 0 aliphatic rings. The molecular formula is C14H14F4N2. The van der Waals surface area contributed by atoms with Crippen molar-refractivity contribution in [3.8, 4) is 0 Å². The van der Waals surface area contributed by atoms with E-state index in [0.29, 0.717) is 23.2 Å². The molecule has 0 aliphatic carbocycles. The van der Waals surface area contributed by atoms with Gasteiger partial charge >= 0.3 is 6.18 Å². The molecule has 0 aliphatic heterocycles. The molecule has 1 N–H and O–H groups in total. The zero-order valence-electron chi connectivity index (χ0n) is 11.1. The number of fused-ring (bicyclic) bond motifs is 1. The van der Waals surface area contributed by atoms with Crippen molar-refractivity contribution < 1.29 is 17.6 Å². The van der Waals surface area contributed by atoms with Crippen LogP contribution < -0.4 is 5.32 Å². The van der Waals surface area contributed by atoms with E-state index < -0.39 is 17.7 Å². The maximum Gasteiger partial charge on any atom is 0.433 e. The van der Waals surface area contributed by atoms with Crippen molar-refractivity contribution in [3.63, 3.8) is 0 Å². The Balaban J connectivity index is 2.71. The summed E-state index contributed by atoms with van der Waals surface area (Å²) in [6, 6.07) is 3.28. The first-order valence-electron chi connectivity index (χ1n) is 6.25. The number of anilines is 1. The van der Waals surface area contributed by atoms with Crippen LogP contribution in [-0.2, 0) is 6.18 Å². The predicted molar refractivity (Wildman–Crippen MR) is 70.2 cm³/mol. The molecule has 20 heavy (non-hydrogen) atoms. The molecule has 1 aromatic heterocycles. The Hall–Kier alpha value is -1.85. The Morgan fingerprint density at radius 2 is 1.90 bits per heavy atom. The van der Waals surface area contributed by atoms with Crippen molar-refractivity contribution in [2.45, 2.75) is 26.4 Å². The van der Waals surface area contributed by atoms with E-state index in [1.54, 1.807) is 6.92 Å². The van der Waals surface area contributed by atoms with Crippen LogP contribution in [-0.4, -0.2) is 11.5 Å². The van der Waals surface area contributed by atoms with Gasteiger partial charge in [0.25, 0.3) is 0 Å². The van der Waals surface area contributed by atoms with Gasteiger partial charge in [-0.25, -0.2) is 9.37 Å². The molecular weight excluding hydrogens is 272 g/mol. The fourth-order valence-electron chi connectivity index (χ4n) is 2.08. The van der Waals surface area contributed by atoms with Gasteiger partial charge in [-0.3, -0.25) is 0 Å². The number of hydrogen-bond acceptors (Lipinski definition) is 2. The van der Waals surface area contributed by atoms with Gasteiger partial charge in [0.2, 0.25) is 0 Å². The molecule has 1 heterocycles. The lowest BCUT2D eigenvalue weighted by molar-refractivity contribution is -0.140. The van der Waals surface area contributed by atoms with Crippen LogP contribution in [0.1, 0.15) is 24.6 Å². The van der Waals surface area contributed by atoms with Gasteiger partial charge < -0.3 is 5.32 Å². The molecule has 0 saturated carbocycles. The summed E-state index contributed by atoms with van der Waals surface area (Å²) in [5, 5.41) is 3.47. The number of alkyl halides is 3. The van der Waals surface area contributed by atoms with Crippen LogP contribution in [0.25, 0.3) is 10.9 Å². The maximum atomic E-state index is 13.4. The molecule has 1 aromatic carbocycles. The molecule has 0 fully saturated rings. The minimum absolute atomic E-state index is 0.0101. The summed E-state index contributed by atoms with van der Waals surface area (Å²) in [4.78, 5) is 3.53. The van der Waals surface area contributed by atoms with Crippen molar-refractivity contribution in [1.82, 2.24) is 4.98 Å². The summed E-state index contributed by atoms with van der Waals surface area (Å²) in [5.41, 5.74) is -0.119. The molecule has 0 unspecified atom stereocenters. The van der Waals surface area contributed by atoms with Gasteiger partial charge in [0.05, 0.1) is 5.52 Å². The standard InChI is InChI=1S/C14H14F4N2/c1-3-4-19-10-7-12(14(16,17)18)20-11-6-9(15)5-8(2)13(10)11/h5-7H,3-4H2,1-2H3,(H,19,20). The lowest BCUT2D eigenvalue weighted by Gasteiger charge is -2.14. The Labute approximate surface area is 113 Å². The third-order valence-corrected chi connectivity index (χ3v) is 2.93. The molecule has 0 atom stereocenters. The van der Waals surface area contributed by atoms with Crippen LogP contribution in [0.15, 0.2) is 18.2 Å². The summed E-state index contributed by atoms with van der Waals surface area (Å²) in [6.07, 6.45) is -3.79. The van der Waals surface area contributed by atoms with Crippen molar-refractivity contribution in [2.24, 2.45) is 0 Å². The zero-order chi connectivity index (χ0) is 14.9. The highest BCUT2D eigenvalue weighted by molar-refractivity contribution is 5.94. The summed E-state index contributed by atoms with van der Waals surface area (Å²) in [7, 11) is 0. The number of hydrogen-bond donors (Lipinski definition) is 1. The van der Waals surface area contributed by atoms with Crippen LogP contribution in [0.2, 0.25) is 0 Å². The zero-order valence-corrected chi connectivity index (χ0v) is 11.1. The average molecular weight is 286 g/mol. The smallest absolute Gasteiger partial charge is 0.384 e. The Kier molecular flexibility index (Phi) is 3.83. The van der Waals surface area contributed by atoms with E-state index in [-0.39, 0.29) is 5.52 Å². The van der Waals surface area contributed by atoms with Crippen molar-refractivity contribution in [3.05, 3.63) is 35.3 Å². The Morgan fingerprint density at radius 1 is 1.20 bits per heavy atom. The fourth-order valence-corrected chi connectivity index (χ4v) is 2.08. The molecule has 2 aromatic rings. The van der Waals surface area contributed by atoms with Crippen LogP contribution in [0.5, 0.6) is 0 Å². The predicted octanol–water partition coefficient (Wildman–Crippen LogP) is 4.52. The molecule has 108 valence electrons. The molecule has 0 bridgehead atoms. The highest BCUT2D eigenvalue weighted by Gasteiger charge is 2.33. The van der Waals surface area contributed by atoms with E-state index in [9.17, 15) is 17.6 Å². The van der Waals surface area contributed by atoms with Gasteiger partial charge in [0.1, 0.15) is 11.5 Å². The number of aryl methyl sites for hydroxylation is 1. The molecule has 6 heteroatoms. The van der Waals surface area contributed by atoms with Crippen LogP contribution in [0, 0.1) is 12.7 Å². The van der Waals surface area contributed by atoms with Crippen molar-refractivity contribution in [2.75, 3.05) is 11.9 Å². The van der Waals surface area contributed by atoms with Gasteiger partial charge in [-0.05, 0) is 31.0 Å². The largest absolute Gasteiger partial charge is 0.433 e. The normalized spacial score (nSPS) is 11.9. The highest BCUT2D eigenvalue weighted by atomic mass is 19.4. The molecule has 0 spiro atoms. The van der Waals surface area contributed by atoms with Gasteiger partial charge in [0, 0.05) is 23.7 Å². The summed E-state index contributed by atoms with van der Waals surface area (Å²) >= 11 is 0. The van der Waals surface area contributed by atoms with E-state index in [1.165, 1.54) is 6.07 Å². The van der Waals surface area contributed by atoms with Gasteiger partial charge in [0.15, 0.2) is 0 Å². The second-order valence-corrected chi connectivity index (χ2v) is 4.60. The number of aromatic nitrogens is 1. The number of halogens is 4. The third-order valence-electron chi connectivity index (χ3n) is 2.93. The van der Waals surface area contributed by atoms with E-state index in [4.69, 9.17) is 0 Å². The Bertz CT molecular complexity index is 635. The third kappa shape index (κ3) is 2.84. The molecule has 0 radical (unpaired) electrons. The molecule has 0 amide bonds. The summed E-state index contributed by atoms with van der Waals surface area (Å²) in [5.74, 6) is -0.594. The van der Waals surface area contributed by atoms with Gasteiger partial charge in [-0.2, -0.15) is 13.2 Å². The Morgan fingerprint density at radius 3 is 2.50 bits per heavy atom. The van der Waals surface area contributed by atoms with Crippen LogP contribution in [0.4, 0.5) is 23.2 Å². The first-order chi connectivity index (χ1) is 9.32. The average Bonchev–Trinajstić information content (AvgIpc) is 2.33. The van der Waals surface area contributed by atoms with Crippen LogP contribution in [0.3, 0.4) is 0 Å². The summed E-state index contributed by atoms with van der Waals surface area (Å²) in [6.45, 7) is 4.10. The first-order valence-corrected chi connectivity index (χ1v) is 6.25. The van der Waals surface area contributed by atoms with E-state index in [0.717, 1.165) is 18.6 Å². The lowest BCUT2D eigenvalue weighted by atomic mass is 10.1. The van der Waals surface area contributed by atoms with Gasteiger partial charge in [-0.1, -0.05) is 6.92 Å². The molecule has 0 saturated heterocycles. The van der Waals surface area contributed by atoms with Gasteiger partial charge in [-0.15, -0.1) is 0 Å². The quantitative estimate of drug-likeness (QED) is 0.839. The minimum atomic E-state index is -4.56. The number of nitrogens with zero attached hydrogens (tertiary/aromatic N) is 1. The topological polar surface area (TPSA) is 24.9 Å². The second kappa shape index (κ2) is 5.26.